The van der Waals surface area contributed by atoms with Crippen molar-refractivity contribution in [2.45, 2.75) is 46.1 Å². The summed E-state index contributed by atoms with van der Waals surface area (Å²) >= 11 is 0. The number of nitrogens with zero attached hydrogens (tertiary/aromatic N) is 1. The smallest absolute Gasteiger partial charge is 0.408 e. The summed E-state index contributed by atoms with van der Waals surface area (Å²) in [6.07, 6.45) is 0.886. The molecule has 3 amide bonds. The van der Waals surface area contributed by atoms with E-state index in [1.165, 1.54) is 6.92 Å². The molecule has 1 saturated heterocycles. The van der Waals surface area contributed by atoms with Gasteiger partial charge in [0.15, 0.2) is 0 Å². The average Bonchev–Trinajstić information content (AvgIpc) is 2.69. The van der Waals surface area contributed by atoms with Crippen LogP contribution >= 0.6 is 0 Å². The summed E-state index contributed by atoms with van der Waals surface area (Å²) < 4.78 is 10.1. The molecule has 0 saturated carbocycles. The van der Waals surface area contributed by atoms with E-state index in [9.17, 15) is 19.2 Å². The average molecular weight is 434 g/mol. The summed E-state index contributed by atoms with van der Waals surface area (Å²) in [6, 6.07) is 6.57. The van der Waals surface area contributed by atoms with Crippen molar-refractivity contribution in [2.24, 2.45) is 5.92 Å². The third-order valence-electron chi connectivity index (χ3n) is 4.62. The lowest BCUT2D eigenvalue weighted by Crippen LogP contribution is -2.44. The lowest BCUT2D eigenvalue weighted by Gasteiger charge is -2.32. The van der Waals surface area contributed by atoms with E-state index in [1.54, 1.807) is 49.9 Å². The molecule has 0 spiro atoms. The van der Waals surface area contributed by atoms with E-state index in [-0.39, 0.29) is 24.3 Å². The van der Waals surface area contributed by atoms with Gasteiger partial charge in [0.25, 0.3) is 5.91 Å². The van der Waals surface area contributed by atoms with Crippen molar-refractivity contribution in [3.8, 4) is 5.75 Å². The number of carbonyl (C=O) groups is 4. The Balaban J connectivity index is 1.72. The van der Waals surface area contributed by atoms with Gasteiger partial charge in [-0.15, -0.1) is 0 Å². The molecular weight excluding hydrogens is 402 g/mol. The highest BCUT2D eigenvalue weighted by Crippen LogP contribution is 2.20. The van der Waals surface area contributed by atoms with Crippen molar-refractivity contribution in [2.75, 3.05) is 26.2 Å². The van der Waals surface area contributed by atoms with Gasteiger partial charge in [0.2, 0.25) is 5.91 Å². The summed E-state index contributed by atoms with van der Waals surface area (Å²) in [4.78, 5) is 49.1. The molecule has 0 bridgehead atoms. The van der Waals surface area contributed by atoms with Gasteiger partial charge >= 0.3 is 12.1 Å². The van der Waals surface area contributed by atoms with Crippen LogP contribution in [-0.2, 0) is 14.3 Å². The monoisotopic (exact) mass is 433 g/mol. The molecule has 1 aromatic rings. The number of amides is 3. The standard InChI is InChI=1S/C22H31N3O6/c1-15(26)30-18-7-5-6-17(12-18)20(28)25-10-8-16(9-11-25)13-23-19(27)14-24-21(29)31-22(2,3)4/h5-7,12,16H,8-11,13-14H2,1-4H3,(H,23,27)(H,24,29). The van der Waals surface area contributed by atoms with Crippen molar-refractivity contribution in [1.82, 2.24) is 15.5 Å². The fourth-order valence-electron chi connectivity index (χ4n) is 3.17. The zero-order chi connectivity index (χ0) is 23.0. The molecule has 9 nitrogen and oxygen atoms in total. The van der Waals surface area contributed by atoms with Crippen LogP contribution in [0.5, 0.6) is 5.75 Å². The molecule has 2 N–H and O–H groups in total. The van der Waals surface area contributed by atoms with Crippen LogP contribution in [-0.4, -0.2) is 60.6 Å². The van der Waals surface area contributed by atoms with Gasteiger partial charge in [-0.25, -0.2) is 4.79 Å². The van der Waals surface area contributed by atoms with E-state index in [1.807, 2.05) is 0 Å². The largest absolute Gasteiger partial charge is 0.444 e. The summed E-state index contributed by atoms with van der Waals surface area (Å²) in [5, 5.41) is 5.24. The minimum absolute atomic E-state index is 0.113. The fraction of sp³-hybridized carbons (Fsp3) is 0.545. The Kier molecular flexibility index (Phi) is 8.41. The van der Waals surface area contributed by atoms with E-state index in [2.05, 4.69) is 10.6 Å². The quantitative estimate of drug-likeness (QED) is 0.525. The highest BCUT2D eigenvalue weighted by atomic mass is 16.6. The number of hydrogen-bond donors (Lipinski definition) is 2. The first-order valence-corrected chi connectivity index (χ1v) is 10.3. The van der Waals surface area contributed by atoms with Crippen LogP contribution in [0.25, 0.3) is 0 Å². The van der Waals surface area contributed by atoms with E-state index >= 15 is 0 Å². The van der Waals surface area contributed by atoms with Gasteiger partial charge in [-0.2, -0.15) is 0 Å². The van der Waals surface area contributed by atoms with E-state index in [4.69, 9.17) is 9.47 Å². The van der Waals surface area contributed by atoms with Crippen LogP contribution < -0.4 is 15.4 Å². The lowest BCUT2D eigenvalue weighted by atomic mass is 9.96. The molecular formula is C22H31N3O6. The number of ether oxygens (including phenoxy) is 2. The number of esters is 1. The van der Waals surface area contributed by atoms with Crippen LogP contribution in [0.15, 0.2) is 24.3 Å². The Labute approximate surface area is 182 Å². The summed E-state index contributed by atoms with van der Waals surface area (Å²) in [5.41, 5.74) is -0.146. The van der Waals surface area contributed by atoms with Gasteiger partial charge < -0.3 is 25.0 Å². The Bertz CT molecular complexity index is 810. The van der Waals surface area contributed by atoms with E-state index in [0.29, 0.717) is 30.9 Å². The van der Waals surface area contributed by atoms with Crippen LogP contribution in [0, 0.1) is 5.92 Å². The Morgan fingerprint density at radius 1 is 1.10 bits per heavy atom. The maximum atomic E-state index is 12.7. The number of carbonyl (C=O) groups excluding carboxylic acids is 4. The second-order valence-corrected chi connectivity index (χ2v) is 8.52. The fourth-order valence-corrected chi connectivity index (χ4v) is 3.17. The van der Waals surface area contributed by atoms with Gasteiger partial charge in [0.1, 0.15) is 11.4 Å². The van der Waals surface area contributed by atoms with Crippen LogP contribution in [0.2, 0.25) is 0 Å². The van der Waals surface area contributed by atoms with Crippen molar-refractivity contribution in [3.63, 3.8) is 0 Å². The molecule has 2 rings (SSSR count). The number of likely N-dealkylation sites (tertiary alicyclic amines) is 1. The highest BCUT2D eigenvalue weighted by Gasteiger charge is 2.24. The summed E-state index contributed by atoms with van der Waals surface area (Å²) in [5.74, 6) is -0.240. The molecule has 0 radical (unpaired) electrons. The molecule has 0 unspecified atom stereocenters. The molecule has 1 aromatic carbocycles. The second-order valence-electron chi connectivity index (χ2n) is 8.52. The zero-order valence-corrected chi connectivity index (χ0v) is 18.5. The van der Waals surface area contributed by atoms with Crippen molar-refractivity contribution in [1.29, 1.82) is 0 Å². The second kappa shape index (κ2) is 10.8. The summed E-state index contributed by atoms with van der Waals surface area (Å²) in [6.45, 7) is 8.05. The Morgan fingerprint density at radius 2 is 1.77 bits per heavy atom. The normalized spacial score (nSPS) is 14.5. The zero-order valence-electron chi connectivity index (χ0n) is 18.5. The third-order valence-corrected chi connectivity index (χ3v) is 4.62. The number of alkyl carbamates (subject to hydrolysis) is 1. The molecule has 31 heavy (non-hydrogen) atoms. The predicted molar refractivity (Wildman–Crippen MR) is 114 cm³/mol. The highest BCUT2D eigenvalue weighted by molar-refractivity contribution is 5.94. The first kappa shape index (κ1) is 24.2. The molecule has 0 aromatic heterocycles. The molecule has 170 valence electrons. The number of rotatable bonds is 6. The Morgan fingerprint density at radius 3 is 2.39 bits per heavy atom. The molecule has 1 aliphatic heterocycles. The molecule has 0 aliphatic carbocycles. The van der Waals surface area contributed by atoms with E-state index in [0.717, 1.165) is 12.8 Å². The minimum atomic E-state index is -0.632. The molecule has 9 heteroatoms. The van der Waals surface area contributed by atoms with E-state index < -0.39 is 17.7 Å². The van der Waals surface area contributed by atoms with Crippen molar-refractivity contribution < 1.29 is 28.7 Å². The van der Waals surface area contributed by atoms with Crippen LogP contribution in [0.3, 0.4) is 0 Å². The van der Waals surface area contributed by atoms with Gasteiger partial charge in [0.05, 0.1) is 6.54 Å². The van der Waals surface area contributed by atoms with Gasteiger partial charge in [-0.1, -0.05) is 6.07 Å². The maximum Gasteiger partial charge on any atom is 0.408 e. The van der Waals surface area contributed by atoms with Crippen LogP contribution in [0.4, 0.5) is 4.79 Å². The first-order chi connectivity index (χ1) is 14.5. The topological polar surface area (TPSA) is 114 Å². The molecule has 1 heterocycles. The Hall–Kier alpha value is -3.10. The van der Waals surface area contributed by atoms with Gasteiger partial charge in [0, 0.05) is 32.1 Å². The van der Waals surface area contributed by atoms with Crippen molar-refractivity contribution >= 4 is 23.9 Å². The SMILES string of the molecule is CC(=O)Oc1cccc(C(=O)N2CCC(CNC(=O)CNC(=O)OC(C)(C)C)CC2)c1. The maximum absolute atomic E-state index is 12.7. The number of nitrogens with one attached hydrogen (secondary N) is 2. The number of piperidine rings is 1. The van der Waals surface area contributed by atoms with Gasteiger partial charge in [-0.3, -0.25) is 14.4 Å². The molecule has 1 fully saturated rings. The van der Waals surface area contributed by atoms with Gasteiger partial charge in [-0.05, 0) is 57.7 Å². The third kappa shape index (κ3) is 8.65. The lowest BCUT2D eigenvalue weighted by molar-refractivity contribution is -0.131. The summed E-state index contributed by atoms with van der Waals surface area (Å²) in [7, 11) is 0. The number of hydrogen-bond acceptors (Lipinski definition) is 6. The van der Waals surface area contributed by atoms with Crippen LogP contribution in [0.1, 0.15) is 50.9 Å². The first-order valence-electron chi connectivity index (χ1n) is 10.3. The minimum Gasteiger partial charge on any atom is -0.444 e. The predicted octanol–water partition coefficient (Wildman–Crippen LogP) is 2.10. The molecule has 0 atom stereocenters. The molecule has 1 aliphatic rings. The number of benzene rings is 1. The van der Waals surface area contributed by atoms with Crippen molar-refractivity contribution in [3.05, 3.63) is 29.8 Å².